The molecule has 0 saturated carbocycles. The normalized spacial score (nSPS) is 26.4. The molecular weight excluding hydrogens is 320 g/mol. The van der Waals surface area contributed by atoms with E-state index in [9.17, 15) is 4.79 Å². The highest BCUT2D eigenvalue weighted by Gasteiger charge is 2.37. The fourth-order valence-corrected chi connectivity index (χ4v) is 3.98. The second-order valence-corrected chi connectivity index (χ2v) is 7.11. The summed E-state index contributed by atoms with van der Waals surface area (Å²) in [7, 11) is 0. The molecule has 0 aromatic heterocycles. The zero-order valence-electron chi connectivity index (χ0n) is 14.9. The largest absolute Gasteiger partial charge is 0.490 e. The van der Waals surface area contributed by atoms with Gasteiger partial charge in [0.2, 0.25) is 0 Å². The van der Waals surface area contributed by atoms with Gasteiger partial charge in [-0.2, -0.15) is 0 Å². The maximum absolute atomic E-state index is 12.9. The van der Waals surface area contributed by atoms with Crippen molar-refractivity contribution in [2.75, 3.05) is 26.4 Å². The molecule has 3 aliphatic heterocycles. The van der Waals surface area contributed by atoms with E-state index < -0.39 is 0 Å². The van der Waals surface area contributed by atoms with Crippen LogP contribution in [0.25, 0.3) is 0 Å². The Kier molecular flexibility index (Phi) is 4.56. The molecule has 6 heteroatoms. The molecule has 0 radical (unpaired) electrons. The Bertz CT molecular complexity index is 657. The minimum atomic E-state index is -0.289. The number of likely N-dealkylation sites (tertiary alicyclic amines) is 1. The average molecular weight is 346 g/mol. The second kappa shape index (κ2) is 6.84. The van der Waals surface area contributed by atoms with Crippen LogP contribution in [0.3, 0.4) is 0 Å². The Hall–Kier alpha value is -1.79. The molecule has 2 fully saturated rings. The first-order valence-electron chi connectivity index (χ1n) is 9.18. The number of piperidine rings is 1. The van der Waals surface area contributed by atoms with Crippen LogP contribution in [0.5, 0.6) is 5.75 Å². The van der Waals surface area contributed by atoms with E-state index in [0.29, 0.717) is 19.8 Å². The number of hydrogen-bond acceptors (Lipinski definition) is 4. The van der Waals surface area contributed by atoms with Crippen LogP contribution < -0.4 is 10.1 Å². The van der Waals surface area contributed by atoms with Gasteiger partial charge in [-0.05, 0) is 44.2 Å². The molecule has 1 aromatic carbocycles. The van der Waals surface area contributed by atoms with Crippen LogP contribution in [-0.4, -0.2) is 49.6 Å². The van der Waals surface area contributed by atoms with Gasteiger partial charge in [0.1, 0.15) is 12.4 Å². The Balaban J connectivity index is 1.48. The summed E-state index contributed by atoms with van der Waals surface area (Å²) in [5, 5.41) is 3.16. The van der Waals surface area contributed by atoms with Crippen molar-refractivity contribution in [1.82, 2.24) is 10.2 Å². The molecule has 0 unspecified atom stereocenters. The molecule has 3 aliphatic rings. The summed E-state index contributed by atoms with van der Waals surface area (Å²) in [6, 6.07) is 3.99. The first-order valence-corrected chi connectivity index (χ1v) is 9.18. The van der Waals surface area contributed by atoms with Crippen molar-refractivity contribution in [2.45, 2.75) is 51.5 Å². The summed E-state index contributed by atoms with van der Waals surface area (Å²) in [5.74, 6) is 0.919. The van der Waals surface area contributed by atoms with E-state index in [4.69, 9.17) is 14.2 Å². The second-order valence-electron chi connectivity index (χ2n) is 7.11. The third-order valence-electron chi connectivity index (χ3n) is 5.55. The van der Waals surface area contributed by atoms with Gasteiger partial charge >= 0.3 is 6.03 Å². The monoisotopic (exact) mass is 346 g/mol. The van der Waals surface area contributed by atoms with Crippen molar-refractivity contribution in [2.24, 2.45) is 0 Å². The molecule has 4 rings (SSSR count). The van der Waals surface area contributed by atoms with Crippen LogP contribution in [-0.2, 0) is 9.47 Å². The Morgan fingerprint density at radius 1 is 1.20 bits per heavy atom. The van der Waals surface area contributed by atoms with E-state index >= 15 is 0 Å². The summed E-state index contributed by atoms with van der Waals surface area (Å²) in [5.41, 5.74) is 3.42. The molecule has 3 heterocycles. The number of hydrogen-bond donors (Lipinski definition) is 1. The van der Waals surface area contributed by atoms with Gasteiger partial charge in [-0.25, -0.2) is 4.79 Å². The molecule has 25 heavy (non-hydrogen) atoms. The summed E-state index contributed by atoms with van der Waals surface area (Å²) in [6.07, 6.45) is 2.76. The van der Waals surface area contributed by atoms with Gasteiger partial charge in [0, 0.05) is 12.1 Å². The lowest BCUT2D eigenvalue weighted by Gasteiger charge is -2.38. The highest BCUT2D eigenvalue weighted by molar-refractivity contribution is 5.75. The number of carbonyl (C=O) groups is 1. The fraction of sp³-hybridized carbons (Fsp3) is 0.632. The topological polar surface area (TPSA) is 60.0 Å². The maximum atomic E-state index is 12.9. The number of nitrogens with zero attached hydrogens (tertiary/aromatic N) is 1. The molecule has 136 valence electrons. The molecule has 2 atom stereocenters. The van der Waals surface area contributed by atoms with Crippen molar-refractivity contribution in [1.29, 1.82) is 0 Å². The molecule has 2 amide bonds. The van der Waals surface area contributed by atoms with Gasteiger partial charge < -0.3 is 24.4 Å². The van der Waals surface area contributed by atoms with Gasteiger partial charge in [0.25, 0.3) is 0 Å². The average Bonchev–Trinajstić information content (AvgIpc) is 3.29. The number of ether oxygens (including phenoxy) is 3. The van der Waals surface area contributed by atoms with E-state index in [1.54, 1.807) is 0 Å². The molecule has 1 N–H and O–H groups in total. The van der Waals surface area contributed by atoms with E-state index in [1.165, 1.54) is 5.56 Å². The lowest BCUT2D eigenvalue weighted by Crippen LogP contribution is -2.54. The molecule has 0 aliphatic carbocycles. The fourth-order valence-electron chi connectivity index (χ4n) is 3.98. The minimum Gasteiger partial charge on any atom is -0.490 e. The lowest BCUT2D eigenvalue weighted by atomic mass is 10.0. The third kappa shape index (κ3) is 3.09. The Labute approximate surface area is 148 Å². The first kappa shape index (κ1) is 16.7. The van der Waals surface area contributed by atoms with Crippen molar-refractivity contribution in [3.63, 3.8) is 0 Å². The summed E-state index contributed by atoms with van der Waals surface area (Å²) in [4.78, 5) is 14.8. The highest BCUT2D eigenvalue weighted by atomic mass is 16.7. The number of benzene rings is 1. The molecule has 0 bridgehead atoms. The van der Waals surface area contributed by atoms with Gasteiger partial charge in [0.15, 0.2) is 6.29 Å². The smallest absolute Gasteiger partial charge is 0.318 e. The highest BCUT2D eigenvalue weighted by Crippen LogP contribution is 2.37. The first-order chi connectivity index (χ1) is 12.1. The van der Waals surface area contributed by atoms with Gasteiger partial charge in [-0.15, -0.1) is 0 Å². The minimum absolute atomic E-state index is 0.00204. The number of fused-ring (bicyclic) bond motifs is 1. The number of carbonyl (C=O) groups excluding carboxylic acids is 1. The summed E-state index contributed by atoms with van der Waals surface area (Å²) < 4.78 is 17.2. The number of nitrogens with one attached hydrogen (secondary N) is 1. The van der Waals surface area contributed by atoms with Crippen molar-refractivity contribution < 1.29 is 19.0 Å². The number of aryl methyl sites for hydroxylation is 1. The summed E-state index contributed by atoms with van der Waals surface area (Å²) in [6.45, 7) is 6.59. The van der Waals surface area contributed by atoms with Crippen LogP contribution >= 0.6 is 0 Å². The Morgan fingerprint density at radius 2 is 2.00 bits per heavy atom. The lowest BCUT2D eigenvalue weighted by molar-refractivity contribution is -0.0984. The van der Waals surface area contributed by atoms with E-state index in [0.717, 1.165) is 42.7 Å². The number of amides is 2. The quantitative estimate of drug-likeness (QED) is 0.894. The standard InChI is InChI=1S/C19H26N2O4/c1-12-6-7-14-15(11-25-17(14)13(12)2)20-19(22)21-8-4-3-5-16(21)18-23-9-10-24-18/h6-7,15-16,18H,3-5,8-11H2,1-2H3,(H,20,22)/t15-,16+/m0/s1. The SMILES string of the molecule is Cc1ccc2c(c1C)OC[C@@H]2NC(=O)N1CCCC[C@@H]1C1OCCO1. The van der Waals surface area contributed by atoms with Crippen LogP contribution in [0.15, 0.2) is 12.1 Å². The Morgan fingerprint density at radius 3 is 2.80 bits per heavy atom. The van der Waals surface area contributed by atoms with E-state index in [2.05, 4.69) is 31.3 Å². The van der Waals surface area contributed by atoms with Crippen LogP contribution in [0.4, 0.5) is 4.79 Å². The number of rotatable bonds is 2. The van der Waals surface area contributed by atoms with Crippen LogP contribution in [0.2, 0.25) is 0 Å². The van der Waals surface area contributed by atoms with Crippen LogP contribution in [0, 0.1) is 13.8 Å². The summed E-state index contributed by atoms with van der Waals surface area (Å²) >= 11 is 0. The van der Waals surface area contributed by atoms with E-state index in [-0.39, 0.29) is 24.4 Å². The molecular formula is C19H26N2O4. The molecule has 2 saturated heterocycles. The predicted octanol–water partition coefficient (Wildman–Crippen LogP) is 2.67. The van der Waals surface area contributed by atoms with Gasteiger partial charge in [0.05, 0.1) is 25.3 Å². The molecule has 0 spiro atoms. The number of urea groups is 1. The van der Waals surface area contributed by atoms with Crippen molar-refractivity contribution >= 4 is 6.03 Å². The van der Waals surface area contributed by atoms with Crippen molar-refractivity contribution in [3.05, 3.63) is 28.8 Å². The maximum Gasteiger partial charge on any atom is 0.318 e. The molecule has 1 aromatic rings. The van der Waals surface area contributed by atoms with Gasteiger partial charge in [-0.1, -0.05) is 12.1 Å². The van der Waals surface area contributed by atoms with E-state index in [1.807, 2.05) is 4.90 Å². The van der Waals surface area contributed by atoms with Crippen LogP contribution in [0.1, 0.15) is 42.0 Å². The van der Waals surface area contributed by atoms with Gasteiger partial charge in [-0.3, -0.25) is 0 Å². The molecule has 6 nitrogen and oxygen atoms in total. The zero-order valence-corrected chi connectivity index (χ0v) is 14.9. The third-order valence-corrected chi connectivity index (χ3v) is 5.55. The zero-order chi connectivity index (χ0) is 17.4. The predicted molar refractivity (Wildman–Crippen MR) is 92.7 cm³/mol. The van der Waals surface area contributed by atoms with Crippen molar-refractivity contribution in [3.8, 4) is 5.75 Å².